The zero-order valence-corrected chi connectivity index (χ0v) is 12.7. The van der Waals surface area contributed by atoms with Crippen molar-refractivity contribution in [1.82, 2.24) is 9.88 Å². The standard InChI is InChI=1S/C14H23ClN2O/c1-6-12-7-11(9-15)8-13(16-12)18-10-14(2,3)17(4)5/h7-8H,6,9-10H2,1-5H3. The molecule has 0 amide bonds. The lowest BCUT2D eigenvalue weighted by atomic mass is 10.1. The molecule has 102 valence electrons. The van der Waals surface area contributed by atoms with Gasteiger partial charge in [0.25, 0.3) is 0 Å². The number of ether oxygens (including phenoxy) is 1. The largest absolute Gasteiger partial charge is 0.476 e. The molecular weight excluding hydrogens is 248 g/mol. The third-order valence-electron chi connectivity index (χ3n) is 3.22. The summed E-state index contributed by atoms with van der Waals surface area (Å²) in [4.78, 5) is 6.60. The Balaban J connectivity index is 2.78. The van der Waals surface area contributed by atoms with Crippen LogP contribution in [0.15, 0.2) is 12.1 Å². The first-order valence-corrected chi connectivity index (χ1v) is 6.78. The molecule has 1 aromatic heterocycles. The van der Waals surface area contributed by atoms with Crippen LogP contribution in [0.5, 0.6) is 5.88 Å². The summed E-state index contributed by atoms with van der Waals surface area (Å²) >= 11 is 5.88. The number of aromatic nitrogens is 1. The van der Waals surface area contributed by atoms with E-state index in [0.29, 0.717) is 18.4 Å². The van der Waals surface area contributed by atoms with Crippen molar-refractivity contribution in [2.24, 2.45) is 0 Å². The van der Waals surface area contributed by atoms with Crippen molar-refractivity contribution in [3.8, 4) is 5.88 Å². The zero-order chi connectivity index (χ0) is 13.8. The second-order valence-electron chi connectivity index (χ2n) is 5.29. The SMILES string of the molecule is CCc1cc(CCl)cc(OCC(C)(C)N(C)C)n1. The first kappa shape index (κ1) is 15.3. The molecule has 0 radical (unpaired) electrons. The Morgan fingerprint density at radius 1 is 1.33 bits per heavy atom. The predicted octanol–water partition coefficient (Wildman–Crippen LogP) is 3.10. The summed E-state index contributed by atoms with van der Waals surface area (Å²) in [6, 6.07) is 3.94. The van der Waals surface area contributed by atoms with Crippen LogP contribution in [0, 0.1) is 0 Å². The maximum absolute atomic E-state index is 5.88. The first-order chi connectivity index (χ1) is 8.39. The fraction of sp³-hybridized carbons (Fsp3) is 0.643. The molecule has 4 heteroatoms. The minimum atomic E-state index is -0.0228. The molecule has 1 heterocycles. The highest BCUT2D eigenvalue weighted by Gasteiger charge is 2.21. The number of likely N-dealkylation sites (N-methyl/N-ethyl adjacent to an activating group) is 1. The van der Waals surface area contributed by atoms with E-state index in [1.54, 1.807) is 0 Å². The summed E-state index contributed by atoms with van der Waals surface area (Å²) in [5.41, 5.74) is 2.05. The number of nitrogens with zero attached hydrogens (tertiary/aromatic N) is 2. The van der Waals surface area contributed by atoms with Crippen LogP contribution in [0.25, 0.3) is 0 Å². The zero-order valence-electron chi connectivity index (χ0n) is 12.0. The lowest BCUT2D eigenvalue weighted by molar-refractivity contribution is 0.111. The first-order valence-electron chi connectivity index (χ1n) is 6.25. The van der Waals surface area contributed by atoms with E-state index in [1.807, 2.05) is 26.2 Å². The van der Waals surface area contributed by atoms with Crippen molar-refractivity contribution < 1.29 is 4.74 Å². The molecule has 0 unspecified atom stereocenters. The van der Waals surface area contributed by atoms with Crippen molar-refractivity contribution in [3.05, 3.63) is 23.4 Å². The quantitative estimate of drug-likeness (QED) is 0.743. The Bertz CT molecular complexity index is 369. The van der Waals surface area contributed by atoms with E-state index in [-0.39, 0.29) is 5.54 Å². The summed E-state index contributed by atoms with van der Waals surface area (Å²) in [7, 11) is 4.09. The van der Waals surface area contributed by atoms with Gasteiger partial charge in [-0.3, -0.25) is 0 Å². The Kier molecular flexibility index (Phi) is 5.42. The van der Waals surface area contributed by atoms with Gasteiger partial charge in [-0.2, -0.15) is 0 Å². The van der Waals surface area contributed by atoms with Crippen LogP contribution in [0.2, 0.25) is 0 Å². The van der Waals surface area contributed by atoms with Crippen LogP contribution in [-0.4, -0.2) is 36.1 Å². The van der Waals surface area contributed by atoms with Crippen LogP contribution in [-0.2, 0) is 12.3 Å². The van der Waals surface area contributed by atoms with Crippen LogP contribution in [0.3, 0.4) is 0 Å². The molecule has 0 fully saturated rings. The van der Waals surface area contributed by atoms with Gasteiger partial charge in [0.1, 0.15) is 6.61 Å². The Labute approximate surface area is 115 Å². The van der Waals surface area contributed by atoms with E-state index in [2.05, 4.69) is 30.7 Å². The maximum Gasteiger partial charge on any atom is 0.213 e. The third-order valence-corrected chi connectivity index (χ3v) is 3.52. The second kappa shape index (κ2) is 6.39. The normalized spacial score (nSPS) is 11.9. The van der Waals surface area contributed by atoms with Gasteiger partial charge >= 0.3 is 0 Å². The van der Waals surface area contributed by atoms with Gasteiger partial charge in [-0.1, -0.05) is 6.92 Å². The highest BCUT2D eigenvalue weighted by Crippen LogP contribution is 2.18. The number of hydrogen-bond acceptors (Lipinski definition) is 3. The highest BCUT2D eigenvalue weighted by molar-refractivity contribution is 6.17. The number of alkyl halides is 1. The number of aryl methyl sites for hydroxylation is 1. The lowest BCUT2D eigenvalue weighted by Gasteiger charge is -2.32. The molecule has 0 aromatic carbocycles. The molecule has 0 spiro atoms. The van der Waals surface area contributed by atoms with Gasteiger partial charge in [0.15, 0.2) is 0 Å². The summed E-state index contributed by atoms with van der Waals surface area (Å²) in [6.07, 6.45) is 0.887. The van der Waals surface area contributed by atoms with E-state index < -0.39 is 0 Å². The highest BCUT2D eigenvalue weighted by atomic mass is 35.5. The Morgan fingerprint density at radius 2 is 2.00 bits per heavy atom. The van der Waals surface area contributed by atoms with Gasteiger partial charge in [0.2, 0.25) is 5.88 Å². The van der Waals surface area contributed by atoms with Gasteiger partial charge in [-0.05, 0) is 46.0 Å². The van der Waals surface area contributed by atoms with Gasteiger partial charge in [0.05, 0.1) is 0 Å². The summed E-state index contributed by atoms with van der Waals surface area (Å²) < 4.78 is 5.81. The molecular formula is C14H23ClN2O. The fourth-order valence-electron chi connectivity index (χ4n) is 1.33. The molecule has 0 aliphatic rings. The van der Waals surface area contributed by atoms with E-state index in [9.17, 15) is 0 Å². The number of pyridine rings is 1. The van der Waals surface area contributed by atoms with Crippen molar-refractivity contribution in [1.29, 1.82) is 0 Å². The molecule has 1 rings (SSSR count). The van der Waals surface area contributed by atoms with E-state index in [4.69, 9.17) is 16.3 Å². The molecule has 0 bridgehead atoms. The maximum atomic E-state index is 5.88. The number of halogens is 1. The van der Waals surface area contributed by atoms with Crippen LogP contribution < -0.4 is 4.74 Å². The molecule has 3 nitrogen and oxygen atoms in total. The topological polar surface area (TPSA) is 25.4 Å². The Morgan fingerprint density at radius 3 is 2.50 bits per heavy atom. The van der Waals surface area contributed by atoms with Crippen LogP contribution in [0.1, 0.15) is 32.0 Å². The van der Waals surface area contributed by atoms with Crippen LogP contribution in [0.4, 0.5) is 0 Å². The van der Waals surface area contributed by atoms with Gasteiger partial charge < -0.3 is 9.64 Å². The average molecular weight is 271 g/mol. The van der Waals surface area contributed by atoms with Crippen molar-refractivity contribution in [2.75, 3.05) is 20.7 Å². The van der Waals surface area contributed by atoms with E-state index >= 15 is 0 Å². The van der Waals surface area contributed by atoms with E-state index in [0.717, 1.165) is 17.7 Å². The third kappa shape index (κ3) is 4.14. The lowest BCUT2D eigenvalue weighted by Crippen LogP contribution is -2.43. The average Bonchev–Trinajstić information content (AvgIpc) is 2.35. The van der Waals surface area contributed by atoms with Gasteiger partial charge in [0, 0.05) is 23.2 Å². The molecule has 1 aromatic rings. The molecule has 0 saturated heterocycles. The summed E-state index contributed by atoms with van der Waals surface area (Å²) in [6.45, 7) is 6.95. The van der Waals surface area contributed by atoms with Crippen molar-refractivity contribution in [3.63, 3.8) is 0 Å². The van der Waals surface area contributed by atoms with E-state index in [1.165, 1.54) is 0 Å². The summed E-state index contributed by atoms with van der Waals surface area (Å²) in [5, 5.41) is 0. The minimum Gasteiger partial charge on any atom is -0.476 e. The number of rotatable bonds is 6. The van der Waals surface area contributed by atoms with Crippen LogP contribution >= 0.6 is 11.6 Å². The monoisotopic (exact) mass is 270 g/mol. The molecule has 0 saturated carbocycles. The molecule has 0 N–H and O–H groups in total. The smallest absolute Gasteiger partial charge is 0.213 e. The van der Waals surface area contributed by atoms with Gasteiger partial charge in [-0.15, -0.1) is 11.6 Å². The van der Waals surface area contributed by atoms with Crippen molar-refractivity contribution >= 4 is 11.6 Å². The molecule has 18 heavy (non-hydrogen) atoms. The van der Waals surface area contributed by atoms with Crippen molar-refractivity contribution in [2.45, 2.75) is 38.6 Å². The molecule has 0 aliphatic carbocycles. The fourth-order valence-corrected chi connectivity index (χ4v) is 1.49. The van der Waals surface area contributed by atoms with Gasteiger partial charge in [-0.25, -0.2) is 4.98 Å². The second-order valence-corrected chi connectivity index (χ2v) is 5.55. The number of hydrogen-bond donors (Lipinski definition) is 0. The summed E-state index contributed by atoms with van der Waals surface area (Å²) in [5.74, 6) is 1.16. The minimum absolute atomic E-state index is 0.0228. The molecule has 0 atom stereocenters. The molecule has 0 aliphatic heterocycles. The predicted molar refractivity (Wildman–Crippen MR) is 76.4 cm³/mol. The Hall–Kier alpha value is -0.800.